The molecule has 0 spiro atoms. The standard InChI is InChI=1S/C22H32N2O5S/c1-17-8-4-5-9-20(17)23-21(25)16-29-22(26)18-10-12-19(13-11-18)30(27,28)24-14-6-2-3-7-15-24/h10-13,17,20H,2-9,14-16H2,1H3,(H,23,25)/t17-,20-/m1/s1. The van der Waals surface area contributed by atoms with Crippen molar-refractivity contribution >= 4 is 21.9 Å². The maximum Gasteiger partial charge on any atom is 0.338 e. The van der Waals surface area contributed by atoms with Crippen LogP contribution in [0.5, 0.6) is 0 Å². The molecule has 0 radical (unpaired) electrons. The first-order chi connectivity index (χ1) is 14.4. The number of hydrogen-bond donors (Lipinski definition) is 1. The molecule has 7 nitrogen and oxygen atoms in total. The highest BCUT2D eigenvalue weighted by molar-refractivity contribution is 7.89. The van der Waals surface area contributed by atoms with Crippen LogP contribution in [0.3, 0.4) is 0 Å². The predicted molar refractivity (Wildman–Crippen MR) is 114 cm³/mol. The Morgan fingerprint density at radius 3 is 2.27 bits per heavy atom. The number of nitrogens with one attached hydrogen (secondary N) is 1. The normalized spacial score (nSPS) is 23.4. The van der Waals surface area contributed by atoms with E-state index in [2.05, 4.69) is 12.2 Å². The van der Waals surface area contributed by atoms with E-state index < -0.39 is 16.0 Å². The van der Waals surface area contributed by atoms with Crippen LogP contribution < -0.4 is 5.32 Å². The van der Waals surface area contributed by atoms with Crippen molar-refractivity contribution in [2.24, 2.45) is 5.92 Å². The minimum absolute atomic E-state index is 0.133. The van der Waals surface area contributed by atoms with Crippen molar-refractivity contribution in [2.45, 2.75) is 69.2 Å². The molecule has 1 aliphatic heterocycles. The summed E-state index contributed by atoms with van der Waals surface area (Å²) in [5.41, 5.74) is 0.226. The Morgan fingerprint density at radius 1 is 1.00 bits per heavy atom. The molecule has 1 aromatic carbocycles. The number of ether oxygens (including phenoxy) is 1. The van der Waals surface area contributed by atoms with Gasteiger partial charge in [-0.15, -0.1) is 0 Å². The second-order valence-electron chi connectivity index (χ2n) is 8.35. The minimum Gasteiger partial charge on any atom is -0.452 e. The molecule has 0 unspecified atom stereocenters. The quantitative estimate of drug-likeness (QED) is 0.692. The Balaban J connectivity index is 1.53. The van der Waals surface area contributed by atoms with Crippen LogP contribution in [-0.4, -0.2) is 50.3 Å². The van der Waals surface area contributed by atoms with Gasteiger partial charge in [0.2, 0.25) is 10.0 Å². The lowest BCUT2D eigenvalue weighted by Gasteiger charge is -2.29. The van der Waals surface area contributed by atoms with Crippen LogP contribution in [0.25, 0.3) is 0 Å². The Kier molecular flexibility index (Phi) is 7.88. The Bertz CT molecular complexity index is 830. The maximum atomic E-state index is 12.8. The molecule has 8 heteroatoms. The average Bonchev–Trinajstić information content (AvgIpc) is 3.04. The van der Waals surface area contributed by atoms with Crippen molar-refractivity contribution in [1.29, 1.82) is 0 Å². The fraction of sp³-hybridized carbons (Fsp3) is 0.636. The number of esters is 1. The highest BCUT2D eigenvalue weighted by atomic mass is 32.2. The monoisotopic (exact) mass is 436 g/mol. The van der Waals surface area contributed by atoms with Crippen molar-refractivity contribution < 1.29 is 22.7 Å². The van der Waals surface area contributed by atoms with Gasteiger partial charge >= 0.3 is 5.97 Å². The first-order valence-electron chi connectivity index (χ1n) is 10.9. The van der Waals surface area contributed by atoms with E-state index in [-0.39, 0.29) is 29.0 Å². The highest BCUT2D eigenvalue weighted by Gasteiger charge is 2.26. The predicted octanol–water partition coefficient (Wildman–Crippen LogP) is 3.10. The summed E-state index contributed by atoms with van der Waals surface area (Å²) in [5.74, 6) is -0.514. The summed E-state index contributed by atoms with van der Waals surface area (Å²) < 4.78 is 32.2. The van der Waals surface area contributed by atoms with Crippen molar-refractivity contribution in [3.05, 3.63) is 29.8 Å². The van der Waals surface area contributed by atoms with Gasteiger partial charge < -0.3 is 10.1 Å². The molecule has 1 aliphatic carbocycles. The Hall–Kier alpha value is -1.93. The molecule has 1 heterocycles. The fourth-order valence-corrected chi connectivity index (χ4v) is 5.70. The summed E-state index contributed by atoms with van der Waals surface area (Å²) in [6.45, 7) is 2.84. The van der Waals surface area contributed by atoms with Gasteiger partial charge in [-0.3, -0.25) is 4.79 Å². The van der Waals surface area contributed by atoms with Crippen LogP contribution in [0.2, 0.25) is 0 Å². The van der Waals surface area contributed by atoms with Gasteiger partial charge in [0.15, 0.2) is 6.61 Å². The number of amides is 1. The third kappa shape index (κ3) is 5.82. The summed E-state index contributed by atoms with van der Waals surface area (Å²) in [6.07, 6.45) is 8.16. The largest absolute Gasteiger partial charge is 0.452 e. The van der Waals surface area contributed by atoms with E-state index in [0.29, 0.717) is 19.0 Å². The fourth-order valence-electron chi connectivity index (χ4n) is 4.19. The van der Waals surface area contributed by atoms with Crippen LogP contribution in [0.1, 0.15) is 68.6 Å². The number of sulfonamides is 1. The second kappa shape index (κ2) is 10.4. The number of carbonyl (C=O) groups excluding carboxylic acids is 2. The second-order valence-corrected chi connectivity index (χ2v) is 10.3. The first kappa shape index (κ1) is 22.7. The highest BCUT2D eigenvalue weighted by Crippen LogP contribution is 2.24. The van der Waals surface area contributed by atoms with E-state index in [1.54, 1.807) is 0 Å². The van der Waals surface area contributed by atoms with Crippen LogP contribution in [0.15, 0.2) is 29.2 Å². The topological polar surface area (TPSA) is 92.8 Å². The lowest BCUT2D eigenvalue weighted by molar-refractivity contribution is -0.125. The van der Waals surface area contributed by atoms with Gasteiger partial charge in [-0.2, -0.15) is 4.31 Å². The van der Waals surface area contributed by atoms with Gasteiger partial charge in [0.1, 0.15) is 0 Å². The minimum atomic E-state index is -3.56. The zero-order valence-electron chi connectivity index (χ0n) is 17.6. The number of rotatable bonds is 6. The summed E-state index contributed by atoms with van der Waals surface area (Å²) in [5, 5.41) is 2.94. The average molecular weight is 437 g/mol. The molecule has 2 aliphatic rings. The Labute approximate surface area is 179 Å². The summed E-state index contributed by atoms with van der Waals surface area (Å²) >= 11 is 0. The lowest BCUT2D eigenvalue weighted by atomic mass is 9.86. The van der Waals surface area contributed by atoms with Gasteiger partial charge in [-0.25, -0.2) is 13.2 Å². The third-order valence-electron chi connectivity index (χ3n) is 6.09. The molecule has 0 bridgehead atoms. The molecule has 1 saturated carbocycles. The third-order valence-corrected chi connectivity index (χ3v) is 8.00. The lowest BCUT2D eigenvalue weighted by Crippen LogP contribution is -2.42. The molecule has 2 fully saturated rings. The van der Waals surface area contributed by atoms with Crippen LogP contribution in [0, 0.1) is 5.92 Å². The molecule has 3 rings (SSSR count). The zero-order valence-corrected chi connectivity index (χ0v) is 18.5. The van der Waals surface area contributed by atoms with Gasteiger partial charge in [0, 0.05) is 19.1 Å². The molecule has 1 N–H and O–H groups in total. The molecule has 0 aromatic heterocycles. The van der Waals surface area contributed by atoms with Crippen LogP contribution in [-0.2, 0) is 19.6 Å². The van der Waals surface area contributed by atoms with E-state index in [1.165, 1.54) is 35.0 Å². The SMILES string of the molecule is C[C@@H]1CCCC[C@H]1NC(=O)COC(=O)c1ccc(S(=O)(=O)N2CCCCCC2)cc1. The molecule has 2 atom stereocenters. The zero-order chi connectivity index (χ0) is 21.6. The number of carbonyl (C=O) groups is 2. The van der Waals surface area contributed by atoms with Crippen LogP contribution in [0.4, 0.5) is 0 Å². The van der Waals surface area contributed by atoms with E-state index in [9.17, 15) is 18.0 Å². The maximum absolute atomic E-state index is 12.8. The van der Waals surface area contributed by atoms with Gasteiger partial charge in [-0.05, 0) is 55.9 Å². The van der Waals surface area contributed by atoms with Gasteiger partial charge in [-0.1, -0.05) is 32.6 Å². The molecule has 166 valence electrons. The van der Waals surface area contributed by atoms with Gasteiger partial charge in [0.25, 0.3) is 5.91 Å². The Morgan fingerprint density at radius 2 is 1.63 bits per heavy atom. The van der Waals surface area contributed by atoms with Crippen molar-refractivity contribution in [1.82, 2.24) is 9.62 Å². The van der Waals surface area contributed by atoms with E-state index in [0.717, 1.165) is 44.9 Å². The molecular weight excluding hydrogens is 404 g/mol. The molecular formula is C22H32N2O5S. The smallest absolute Gasteiger partial charge is 0.338 e. The van der Waals surface area contributed by atoms with E-state index >= 15 is 0 Å². The van der Waals surface area contributed by atoms with E-state index in [4.69, 9.17) is 4.74 Å². The first-order valence-corrected chi connectivity index (χ1v) is 12.4. The van der Waals surface area contributed by atoms with Crippen molar-refractivity contribution in [3.63, 3.8) is 0 Å². The van der Waals surface area contributed by atoms with Crippen LogP contribution >= 0.6 is 0 Å². The number of benzene rings is 1. The summed E-state index contributed by atoms with van der Waals surface area (Å²) in [6, 6.07) is 5.87. The number of hydrogen-bond acceptors (Lipinski definition) is 5. The van der Waals surface area contributed by atoms with Gasteiger partial charge in [0.05, 0.1) is 10.5 Å². The van der Waals surface area contributed by atoms with E-state index in [1.807, 2.05) is 0 Å². The summed E-state index contributed by atoms with van der Waals surface area (Å²) in [4.78, 5) is 24.5. The molecule has 30 heavy (non-hydrogen) atoms. The van der Waals surface area contributed by atoms with Crippen molar-refractivity contribution in [2.75, 3.05) is 19.7 Å². The molecule has 1 saturated heterocycles. The van der Waals surface area contributed by atoms with Crippen molar-refractivity contribution in [3.8, 4) is 0 Å². The molecule has 1 aromatic rings. The number of nitrogens with zero attached hydrogens (tertiary/aromatic N) is 1. The summed E-state index contributed by atoms with van der Waals surface area (Å²) in [7, 11) is -3.56. The molecule has 1 amide bonds.